The highest BCUT2D eigenvalue weighted by Crippen LogP contribution is 2.32. The van der Waals surface area contributed by atoms with Crippen molar-refractivity contribution in [1.29, 1.82) is 0 Å². The lowest BCUT2D eigenvalue weighted by Gasteiger charge is -2.35. The molecule has 1 aliphatic carbocycles. The number of carbonyl (C=O) groups excluding carboxylic acids is 4. The monoisotopic (exact) mass is 493 g/mol. The molecule has 10 nitrogen and oxygen atoms in total. The third kappa shape index (κ3) is 5.27. The van der Waals surface area contributed by atoms with Crippen LogP contribution in [0.4, 0.5) is 11.4 Å². The Morgan fingerprint density at radius 3 is 2.14 bits per heavy atom. The number of benzene rings is 2. The molecule has 188 valence electrons. The molecule has 1 saturated heterocycles. The fourth-order valence-electron chi connectivity index (χ4n) is 4.91. The average molecular weight is 494 g/mol. The van der Waals surface area contributed by atoms with Crippen LogP contribution in [0.2, 0.25) is 0 Å². The molecule has 1 unspecified atom stereocenters. The van der Waals surface area contributed by atoms with Gasteiger partial charge in [0.05, 0.1) is 17.0 Å². The first kappa shape index (κ1) is 25.0. The fourth-order valence-corrected chi connectivity index (χ4v) is 4.91. The largest absolute Gasteiger partial charge is 0.427 e. The van der Waals surface area contributed by atoms with Crippen LogP contribution < -0.4 is 9.64 Å². The number of rotatable bonds is 6. The second-order valence-corrected chi connectivity index (χ2v) is 9.04. The Morgan fingerprint density at radius 1 is 0.972 bits per heavy atom. The molecular formula is C26H27N3O7. The van der Waals surface area contributed by atoms with Crippen LogP contribution in [0.15, 0.2) is 48.5 Å². The van der Waals surface area contributed by atoms with E-state index in [1.165, 1.54) is 60.4 Å². The number of nitro groups is 1. The molecule has 2 aromatic rings. The maximum Gasteiger partial charge on any atom is 0.308 e. The van der Waals surface area contributed by atoms with E-state index >= 15 is 0 Å². The van der Waals surface area contributed by atoms with Crippen LogP contribution in [0.5, 0.6) is 5.75 Å². The molecule has 2 aliphatic rings. The van der Waals surface area contributed by atoms with E-state index in [4.69, 9.17) is 4.74 Å². The molecule has 1 heterocycles. The summed E-state index contributed by atoms with van der Waals surface area (Å²) in [5, 5.41) is 11.0. The summed E-state index contributed by atoms with van der Waals surface area (Å²) in [5.74, 6) is -1.55. The molecule has 1 atom stereocenters. The van der Waals surface area contributed by atoms with Gasteiger partial charge in [0.1, 0.15) is 11.8 Å². The van der Waals surface area contributed by atoms with Crippen molar-refractivity contribution in [3.63, 3.8) is 0 Å². The van der Waals surface area contributed by atoms with Gasteiger partial charge in [-0.05, 0) is 49.2 Å². The number of hydrogen-bond acceptors (Lipinski definition) is 7. The number of nitrogens with zero attached hydrogens (tertiary/aromatic N) is 3. The van der Waals surface area contributed by atoms with E-state index in [-0.39, 0.29) is 29.5 Å². The third-order valence-electron chi connectivity index (χ3n) is 6.59. The molecule has 36 heavy (non-hydrogen) atoms. The standard InChI is InChI=1S/C26H27N3O7/c1-17(30)36-22-14-12-20(13-15-22)28-24(31)16-23(26(28)33)27(19-6-4-2-3-5-7-19)25(32)18-8-10-21(11-9-18)29(34)35/h8-15,19,23H,2-7,16H2,1H3. The number of nitro benzene ring substituents is 1. The second-order valence-electron chi connectivity index (χ2n) is 9.04. The zero-order chi connectivity index (χ0) is 25.8. The van der Waals surface area contributed by atoms with Crippen LogP contribution in [0.25, 0.3) is 0 Å². The predicted molar refractivity (Wildman–Crippen MR) is 129 cm³/mol. The molecule has 4 rings (SSSR count). The summed E-state index contributed by atoms with van der Waals surface area (Å²) in [6, 6.07) is 10.1. The number of esters is 1. The number of imide groups is 1. The highest BCUT2D eigenvalue weighted by atomic mass is 16.6. The SMILES string of the molecule is CC(=O)Oc1ccc(N2C(=O)CC(N(C(=O)c3ccc([N+](=O)[O-])cc3)C3CCCCCC3)C2=O)cc1. The van der Waals surface area contributed by atoms with Gasteiger partial charge < -0.3 is 9.64 Å². The number of ether oxygens (including phenoxy) is 1. The minimum absolute atomic E-state index is 0.136. The molecule has 2 fully saturated rings. The first-order chi connectivity index (χ1) is 17.3. The molecule has 1 aliphatic heterocycles. The smallest absolute Gasteiger partial charge is 0.308 e. The van der Waals surface area contributed by atoms with Gasteiger partial charge in [-0.1, -0.05) is 25.7 Å². The van der Waals surface area contributed by atoms with Crippen LogP contribution in [0, 0.1) is 10.1 Å². The quantitative estimate of drug-likeness (QED) is 0.148. The number of hydrogen-bond donors (Lipinski definition) is 0. The molecule has 2 aromatic carbocycles. The van der Waals surface area contributed by atoms with Crippen LogP contribution in [-0.2, 0) is 14.4 Å². The summed E-state index contributed by atoms with van der Waals surface area (Å²) in [4.78, 5) is 64.5. The summed E-state index contributed by atoms with van der Waals surface area (Å²) in [6.45, 7) is 1.27. The number of carbonyl (C=O) groups is 4. The Bertz CT molecular complexity index is 1170. The Kier molecular flexibility index (Phi) is 7.42. The van der Waals surface area contributed by atoms with Gasteiger partial charge in [-0.25, -0.2) is 4.90 Å². The molecule has 0 aromatic heterocycles. The molecular weight excluding hydrogens is 466 g/mol. The third-order valence-corrected chi connectivity index (χ3v) is 6.59. The summed E-state index contributed by atoms with van der Waals surface area (Å²) in [5.41, 5.74) is 0.421. The Labute approximate surface area is 208 Å². The van der Waals surface area contributed by atoms with Gasteiger partial charge in [0.15, 0.2) is 0 Å². The van der Waals surface area contributed by atoms with Crippen molar-refractivity contribution in [3.8, 4) is 5.75 Å². The van der Waals surface area contributed by atoms with Gasteiger partial charge >= 0.3 is 5.97 Å². The van der Waals surface area contributed by atoms with Gasteiger partial charge in [0, 0.05) is 30.7 Å². The summed E-state index contributed by atoms with van der Waals surface area (Å²) < 4.78 is 5.02. The normalized spacial score (nSPS) is 18.6. The lowest BCUT2D eigenvalue weighted by molar-refractivity contribution is -0.384. The summed E-state index contributed by atoms with van der Waals surface area (Å²) in [7, 11) is 0. The summed E-state index contributed by atoms with van der Waals surface area (Å²) in [6.07, 6.45) is 5.17. The zero-order valence-corrected chi connectivity index (χ0v) is 19.9. The zero-order valence-electron chi connectivity index (χ0n) is 19.9. The van der Waals surface area contributed by atoms with Crippen molar-refractivity contribution in [1.82, 2.24) is 4.90 Å². The Morgan fingerprint density at radius 2 is 1.58 bits per heavy atom. The van der Waals surface area contributed by atoms with E-state index in [1.54, 1.807) is 0 Å². The maximum atomic E-state index is 13.7. The van der Waals surface area contributed by atoms with Crippen LogP contribution in [-0.4, -0.2) is 45.6 Å². The maximum absolute atomic E-state index is 13.7. The van der Waals surface area contributed by atoms with Crippen molar-refractivity contribution in [2.24, 2.45) is 0 Å². The average Bonchev–Trinajstić information content (AvgIpc) is 3.01. The van der Waals surface area contributed by atoms with Crippen molar-refractivity contribution < 1.29 is 28.8 Å². The van der Waals surface area contributed by atoms with E-state index in [9.17, 15) is 29.3 Å². The van der Waals surface area contributed by atoms with E-state index in [1.807, 2.05) is 0 Å². The molecule has 3 amide bonds. The van der Waals surface area contributed by atoms with Gasteiger partial charge in [-0.3, -0.25) is 29.3 Å². The summed E-state index contributed by atoms with van der Waals surface area (Å²) >= 11 is 0. The minimum Gasteiger partial charge on any atom is -0.427 e. The first-order valence-corrected chi connectivity index (χ1v) is 12.0. The van der Waals surface area contributed by atoms with E-state index < -0.39 is 34.7 Å². The van der Waals surface area contributed by atoms with Gasteiger partial charge in [-0.15, -0.1) is 0 Å². The molecule has 0 N–H and O–H groups in total. The number of amides is 3. The van der Waals surface area contributed by atoms with Gasteiger partial charge in [0.2, 0.25) is 5.91 Å². The molecule has 0 radical (unpaired) electrons. The highest BCUT2D eigenvalue weighted by Gasteiger charge is 2.46. The molecule has 1 saturated carbocycles. The van der Waals surface area contributed by atoms with Crippen LogP contribution in [0.1, 0.15) is 62.2 Å². The predicted octanol–water partition coefficient (Wildman–Crippen LogP) is 4.02. The van der Waals surface area contributed by atoms with Crippen molar-refractivity contribution in [2.45, 2.75) is 64.0 Å². The lowest BCUT2D eigenvalue weighted by atomic mass is 10.0. The molecule has 0 spiro atoms. The highest BCUT2D eigenvalue weighted by molar-refractivity contribution is 6.23. The van der Waals surface area contributed by atoms with Crippen LogP contribution in [0.3, 0.4) is 0 Å². The number of anilines is 1. The fraction of sp³-hybridized carbons (Fsp3) is 0.385. The van der Waals surface area contributed by atoms with Gasteiger partial charge in [-0.2, -0.15) is 0 Å². The lowest BCUT2D eigenvalue weighted by Crippen LogP contribution is -2.50. The van der Waals surface area contributed by atoms with Gasteiger partial charge in [0.25, 0.3) is 17.5 Å². The Hall–Kier alpha value is -4.08. The molecule has 0 bridgehead atoms. The van der Waals surface area contributed by atoms with Crippen LogP contribution >= 0.6 is 0 Å². The van der Waals surface area contributed by atoms with Crippen molar-refractivity contribution in [3.05, 3.63) is 64.2 Å². The van der Waals surface area contributed by atoms with E-state index in [0.29, 0.717) is 18.5 Å². The Balaban J connectivity index is 1.64. The topological polar surface area (TPSA) is 127 Å². The van der Waals surface area contributed by atoms with E-state index in [2.05, 4.69) is 0 Å². The van der Waals surface area contributed by atoms with Crippen molar-refractivity contribution >= 4 is 35.1 Å². The first-order valence-electron chi connectivity index (χ1n) is 12.0. The minimum atomic E-state index is -0.976. The molecule has 10 heteroatoms. The van der Waals surface area contributed by atoms with E-state index in [0.717, 1.165) is 30.6 Å². The number of non-ortho nitro benzene ring substituents is 1. The second kappa shape index (κ2) is 10.7. The van der Waals surface area contributed by atoms with Crippen molar-refractivity contribution in [2.75, 3.05) is 4.90 Å².